The van der Waals surface area contributed by atoms with E-state index in [1.165, 1.54) is 70.6 Å². The lowest BCUT2D eigenvalue weighted by Gasteiger charge is -2.26. The molecule has 0 amide bonds. The molecule has 0 aliphatic heterocycles. The quantitative estimate of drug-likeness (QED) is 0.348. The van der Waals surface area contributed by atoms with Crippen molar-refractivity contribution in [3.05, 3.63) is 0 Å². The van der Waals surface area contributed by atoms with Crippen LogP contribution in [0, 0.1) is 17.8 Å². The second-order valence-corrected chi connectivity index (χ2v) is 8.28. The van der Waals surface area contributed by atoms with Gasteiger partial charge in [-0.25, -0.2) is 0 Å². The molecule has 0 radical (unpaired) electrons. The first-order valence-corrected chi connectivity index (χ1v) is 11.0. The molecule has 24 heavy (non-hydrogen) atoms. The third-order valence-corrected chi connectivity index (χ3v) is 6.05. The summed E-state index contributed by atoms with van der Waals surface area (Å²) in [5, 5.41) is 0. The van der Waals surface area contributed by atoms with Crippen LogP contribution in [0.2, 0.25) is 0 Å². The van der Waals surface area contributed by atoms with E-state index in [2.05, 4.69) is 34.6 Å². The van der Waals surface area contributed by atoms with Crippen molar-refractivity contribution in [2.24, 2.45) is 29.2 Å². The van der Waals surface area contributed by atoms with Gasteiger partial charge < -0.3 is 11.5 Å². The molecule has 0 fully saturated rings. The molecule has 5 unspecified atom stereocenters. The van der Waals surface area contributed by atoms with E-state index < -0.39 is 0 Å². The van der Waals surface area contributed by atoms with Gasteiger partial charge in [0.25, 0.3) is 0 Å². The Kier molecular flexibility index (Phi) is 15.1. The Bertz CT molecular complexity index is 267. The number of nitrogens with two attached hydrogens (primary N) is 2. The molecular weight excluding hydrogens is 292 g/mol. The first-order chi connectivity index (χ1) is 11.5. The Morgan fingerprint density at radius 2 is 1.17 bits per heavy atom. The van der Waals surface area contributed by atoms with Gasteiger partial charge in [-0.1, -0.05) is 86.0 Å². The fraction of sp³-hybridized carbons (Fsp3) is 1.00. The summed E-state index contributed by atoms with van der Waals surface area (Å²) < 4.78 is 0. The van der Waals surface area contributed by atoms with Crippen molar-refractivity contribution in [1.82, 2.24) is 0 Å². The molecule has 0 aliphatic rings. The van der Waals surface area contributed by atoms with Gasteiger partial charge in [-0.15, -0.1) is 0 Å². The maximum Gasteiger partial charge on any atom is 0.00671 e. The zero-order valence-corrected chi connectivity index (χ0v) is 17.5. The normalized spacial score (nSPS) is 18.1. The van der Waals surface area contributed by atoms with E-state index in [-0.39, 0.29) is 0 Å². The molecule has 5 atom stereocenters. The highest BCUT2D eigenvalue weighted by Gasteiger charge is 2.19. The highest BCUT2D eigenvalue weighted by atomic mass is 14.7. The number of hydrogen-bond donors (Lipinski definition) is 2. The van der Waals surface area contributed by atoms with Gasteiger partial charge in [-0.2, -0.15) is 0 Å². The van der Waals surface area contributed by atoms with Gasteiger partial charge in [0.15, 0.2) is 0 Å². The molecule has 0 heterocycles. The fourth-order valence-corrected chi connectivity index (χ4v) is 3.82. The minimum atomic E-state index is 0.348. The Hall–Kier alpha value is -0.0800. The van der Waals surface area contributed by atoms with E-state index in [0.717, 1.165) is 18.3 Å². The van der Waals surface area contributed by atoms with Gasteiger partial charge in [-0.05, 0) is 43.4 Å². The lowest BCUT2D eigenvalue weighted by molar-refractivity contribution is 0.301. The van der Waals surface area contributed by atoms with Crippen LogP contribution < -0.4 is 11.5 Å². The van der Waals surface area contributed by atoms with Crippen molar-refractivity contribution in [3.63, 3.8) is 0 Å². The van der Waals surface area contributed by atoms with Crippen LogP contribution in [-0.2, 0) is 0 Å². The van der Waals surface area contributed by atoms with Crippen LogP contribution in [0.25, 0.3) is 0 Å². The molecule has 0 aromatic rings. The van der Waals surface area contributed by atoms with Gasteiger partial charge in [0.05, 0.1) is 0 Å². The predicted molar refractivity (Wildman–Crippen MR) is 110 cm³/mol. The van der Waals surface area contributed by atoms with Crippen LogP contribution >= 0.6 is 0 Å². The molecule has 0 rings (SSSR count). The summed E-state index contributed by atoms with van der Waals surface area (Å²) in [6.45, 7) is 11.5. The Balaban J connectivity index is 4.09. The minimum absolute atomic E-state index is 0.348. The number of unbranched alkanes of at least 4 members (excludes halogenated alkanes) is 2. The molecule has 2 nitrogen and oxygen atoms in total. The molecule has 146 valence electrons. The van der Waals surface area contributed by atoms with Gasteiger partial charge in [-0.3, -0.25) is 0 Å². The van der Waals surface area contributed by atoms with Crippen molar-refractivity contribution in [1.29, 1.82) is 0 Å². The average Bonchev–Trinajstić information content (AvgIpc) is 2.59. The van der Waals surface area contributed by atoms with Crippen LogP contribution in [0.3, 0.4) is 0 Å². The van der Waals surface area contributed by atoms with Crippen molar-refractivity contribution >= 4 is 0 Å². The SMILES string of the molecule is CCCCC(CC)CC(N)CCC(C)C(N)CC(CC)CCCC. The lowest BCUT2D eigenvalue weighted by atomic mass is 9.84. The smallest absolute Gasteiger partial charge is 0.00671 e. The summed E-state index contributed by atoms with van der Waals surface area (Å²) in [5.74, 6) is 2.24. The third kappa shape index (κ3) is 11.5. The van der Waals surface area contributed by atoms with Gasteiger partial charge in [0, 0.05) is 12.1 Å². The van der Waals surface area contributed by atoms with E-state index in [9.17, 15) is 0 Å². The summed E-state index contributed by atoms with van der Waals surface area (Å²) in [6.07, 6.45) is 15.3. The van der Waals surface area contributed by atoms with E-state index in [0.29, 0.717) is 18.0 Å². The van der Waals surface area contributed by atoms with Crippen molar-refractivity contribution < 1.29 is 0 Å². The van der Waals surface area contributed by atoms with Crippen LogP contribution in [0.15, 0.2) is 0 Å². The highest BCUT2D eigenvalue weighted by molar-refractivity contribution is 4.76. The largest absolute Gasteiger partial charge is 0.328 e. The Morgan fingerprint density at radius 3 is 1.62 bits per heavy atom. The molecule has 2 heteroatoms. The second-order valence-electron chi connectivity index (χ2n) is 8.28. The monoisotopic (exact) mass is 340 g/mol. The molecule has 0 saturated heterocycles. The number of rotatable bonds is 16. The van der Waals surface area contributed by atoms with Crippen LogP contribution in [0.5, 0.6) is 0 Å². The van der Waals surface area contributed by atoms with Crippen molar-refractivity contribution in [3.8, 4) is 0 Å². The van der Waals surface area contributed by atoms with Crippen LogP contribution in [0.4, 0.5) is 0 Å². The summed E-state index contributed by atoms with van der Waals surface area (Å²) >= 11 is 0. The van der Waals surface area contributed by atoms with Crippen molar-refractivity contribution in [2.45, 2.75) is 124 Å². The summed E-state index contributed by atoms with van der Waals surface area (Å²) in [6, 6.07) is 0.713. The maximum atomic E-state index is 6.50. The van der Waals surface area contributed by atoms with E-state index in [1.54, 1.807) is 0 Å². The second kappa shape index (κ2) is 15.2. The standard InChI is InChI=1S/C22H48N2/c1-6-10-12-19(8-3)16-21(23)15-14-18(5)22(24)17-20(9-4)13-11-7-2/h18-22H,6-17,23-24H2,1-5H3. The van der Waals surface area contributed by atoms with E-state index in [4.69, 9.17) is 11.5 Å². The molecular formula is C22H48N2. The first-order valence-electron chi connectivity index (χ1n) is 11.0. The third-order valence-electron chi connectivity index (χ3n) is 6.05. The molecule has 0 aliphatic carbocycles. The molecule has 4 N–H and O–H groups in total. The fourth-order valence-electron chi connectivity index (χ4n) is 3.82. The Morgan fingerprint density at radius 1 is 0.667 bits per heavy atom. The van der Waals surface area contributed by atoms with E-state index in [1.807, 2.05) is 0 Å². The molecule has 0 aromatic heterocycles. The van der Waals surface area contributed by atoms with Crippen LogP contribution in [0.1, 0.15) is 112 Å². The topological polar surface area (TPSA) is 52.0 Å². The minimum Gasteiger partial charge on any atom is -0.328 e. The highest BCUT2D eigenvalue weighted by Crippen LogP contribution is 2.24. The summed E-state index contributed by atoms with van der Waals surface area (Å²) in [5.41, 5.74) is 12.9. The van der Waals surface area contributed by atoms with Crippen molar-refractivity contribution in [2.75, 3.05) is 0 Å². The zero-order chi connectivity index (χ0) is 18.4. The zero-order valence-electron chi connectivity index (χ0n) is 17.5. The van der Waals surface area contributed by atoms with E-state index >= 15 is 0 Å². The predicted octanol–water partition coefficient (Wildman–Crippen LogP) is 6.27. The van der Waals surface area contributed by atoms with Gasteiger partial charge >= 0.3 is 0 Å². The molecule has 0 saturated carbocycles. The number of hydrogen-bond acceptors (Lipinski definition) is 2. The Labute approximate surface area is 153 Å². The summed E-state index contributed by atoms with van der Waals surface area (Å²) in [7, 11) is 0. The maximum absolute atomic E-state index is 6.50. The first kappa shape index (κ1) is 23.9. The molecule has 0 spiro atoms. The molecule has 0 aromatic carbocycles. The van der Waals surface area contributed by atoms with Crippen LogP contribution in [-0.4, -0.2) is 12.1 Å². The van der Waals surface area contributed by atoms with Gasteiger partial charge in [0.2, 0.25) is 0 Å². The van der Waals surface area contributed by atoms with Gasteiger partial charge in [0.1, 0.15) is 0 Å². The average molecular weight is 341 g/mol. The molecule has 0 bridgehead atoms. The lowest BCUT2D eigenvalue weighted by Crippen LogP contribution is -2.32. The summed E-state index contributed by atoms with van der Waals surface area (Å²) in [4.78, 5) is 0.